The summed E-state index contributed by atoms with van der Waals surface area (Å²) in [6, 6.07) is 8.24. The first-order valence-corrected chi connectivity index (χ1v) is 7.68. The number of para-hydroxylation sites is 1. The van der Waals surface area contributed by atoms with Crippen molar-refractivity contribution >= 4 is 16.8 Å². The number of carbonyl (C=O) groups excluding carboxylic acids is 1. The van der Waals surface area contributed by atoms with Crippen molar-refractivity contribution in [2.45, 2.75) is 38.7 Å². The molecule has 1 saturated heterocycles. The zero-order chi connectivity index (χ0) is 14.7. The van der Waals surface area contributed by atoms with Crippen molar-refractivity contribution in [3.05, 3.63) is 35.5 Å². The highest BCUT2D eigenvalue weighted by molar-refractivity contribution is 5.85. The fourth-order valence-corrected chi connectivity index (χ4v) is 3.02. The lowest BCUT2D eigenvalue weighted by Crippen LogP contribution is -2.31. The van der Waals surface area contributed by atoms with Gasteiger partial charge in [0.2, 0.25) is 5.91 Å². The molecule has 21 heavy (non-hydrogen) atoms. The Morgan fingerprint density at radius 3 is 3.10 bits per heavy atom. The number of hydrogen-bond donors (Lipinski definition) is 2. The monoisotopic (exact) mass is 286 g/mol. The van der Waals surface area contributed by atoms with Crippen molar-refractivity contribution in [2.24, 2.45) is 0 Å². The Hall–Kier alpha value is -1.81. The smallest absolute Gasteiger partial charge is 0.220 e. The molecule has 2 heterocycles. The summed E-state index contributed by atoms with van der Waals surface area (Å²) in [4.78, 5) is 15.3. The van der Waals surface area contributed by atoms with E-state index in [9.17, 15) is 4.79 Å². The van der Waals surface area contributed by atoms with Crippen LogP contribution < -0.4 is 5.32 Å². The van der Waals surface area contributed by atoms with Crippen LogP contribution in [0.15, 0.2) is 24.3 Å². The van der Waals surface area contributed by atoms with Crippen molar-refractivity contribution in [1.82, 2.24) is 10.3 Å². The molecule has 0 saturated carbocycles. The predicted molar refractivity (Wildman–Crippen MR) is 83.3 cm³/mol. The number of ether oxygens (including phenoxy) is 1. The van der Waals surface area contributed by atoms with Gasteiger partial charge in [-0.1, -0.05) is 18.2 Å². The van der Waals surface area contributed by atoms with Gasteiger partial charge in [0.25, 0.3) is 0 Å². The lowest BCUT2D eigenvalue weighted by atomic mass is 10.1. The van der Waals surface area contributed by atoms with Crippen LogP contribution in [0.4, 0.5) is 0 Å². The number of rotatable bonds is 5. The van der Waals surface area contributed by atoms with Crippen LogP contribution in [0.1, 0.15) is 30.5 Å². The molecule has 112 valence electrons. The Morgan fingerprint density at radius 2 is 2.29 bits per heavy atom. The Bertz CT molecular complexity index is 627. The second-order valence-corrected chi connectivity index (χ2v) is 5.71. The fourth-order valence-electron chi connectivity index (χ4n) is 3.02. The average molecular weight is 286 g/mol. The minimum atomic E-state index is 0.107. The normalized spacial score (nSPS) is 18.2. The Labute approximate surface area is 124 Å². The quantitative estimate of drug-likeness (QED) is 0.888. The first kappa shape index (κ1) is 14.1. The first-order valence-electron chi connectivity index (χ1n) is 7.68. The summed E-state index contributed by atoms with van der Waals surface area (Å²) in [5, 5.41) is 4.20. The molecule has 1 fully saturated rings. The van der Waals surface area contributed by atoms with E-state index in [4.69, 9.17) is 4.74 Å². The van der Waals surface area contributed by atoms with E-state index >= 15 is 0 Å². The van der Waals surface area contributed by atoms with E-state index in [1.165, 1.54) is 10.9 Å². The van der Waals surface area contributed by atoms with Crippen LogP contribution in [0.3, 0.4) is 0 Å². The molecular weight excluding hydrogens is 264 g/mol. The molecule has 0 bridgehead atoms. The van der Waals surface area contributed by atoms with Crippen molar-refractivity contribution in [2.75, 3.05) is 13.2 Å². The van der Waals surface area contributed by atoms with E-state index in [0.717, 1.165) is 37.1 Å². The highest BCUT2D eigenvalue weighted by Gasteiger charge is 2.16. The van der Waals surface area contributed by atoms with Crippen LogP contribution >= 0.6 is 0 Å². The molecule has 3 rings (SSSR count). The van der Waals surface area contributed by atoms with E-state index in [2.05, 4.69) is 29.4 Å². The van der Waals surface area contributed by atoms with Crippen molar-refractivity contribution < 1.29 is 9.53 Å². The van der Waals surface area contributed by atoms with Crippen LogP contribution in [0, 0.1) is 6.92 Å². The van der Waals surface area contributed by atoms with Crippen LogP contribution in [0.2, 0.25) is 0 Å². The van der Waals surface area contributed by atoms with Gasteiger partial charge >= 0.3 is 0 Å². The topological polar surface area (TPSA) is 54.1 Å². The van der Waals surface area contributed by atoms with E-state index in [0.29, 0.717) is 13.0 Å². The van der Waals surface area contributed by atoms with Crippen molar-refractivity contribution in [3.63, 3.8) is 0 Å². The lowest BCUT2D eigenvalue weighted by molar-refractivity contribution is -0.121. The van der Waals surface area contributed by atoms with Gasteiger partial charge < -0.3 is 15.0 Å². The maximum atomic E-state index is 12.0. The SMILES string of the molecule is Cc1[nH]c2ccccc2c1CCC(=O)NCC1CCCO1. The molecule has 1 aliphatic heterocycles. The summed E-state index contributed by atoms with van der Waals surface area (Å²) in [6.45, 7) is 3.54. The van der Waals surface area contributed by atoms with Crippen molar-refractivity contribution in [1.29, 1.82) is 0 Å². The van der Waals surface area contributed by atoms with Gasteiger partial charge in [-0.25, -0.2) is 0 Å². The van der Waals surface area contributed by atoms with Gasteiger partial charge in [0.05, 0.1) is 6.10 Å². The molecule has 0 spiro atoms. The number of nitrogens with one attached hydrogen (secondary N) is 2. The highest BCUT2D eigenvalue weighted by atomic mass is 16.5. The van der Waals surface area contributed by atoms with Gasteiger partial charge in [0.15, 0.2) is 0 Å². The van der Waals surface area contributed by atoms with Gasteiger partial charge in [-0.05, 0) is 37.8 Å². The number of fused-ring (bicyclic) bond motifs is 1. The Kier molecular flexibility index (Phi) is 4.25. The average Bonchev–Trinajstić information content (AvgIpc) is 3.10. The number of aryl methyl sites for hydroxylation is 2. The zero-order valence-electron chi connectivity index (χ0n) is 12.4. The number of aromatic nitrogens is 1. The zero-order valence-corrected chi connectivity index (χ0v) is 12.4. The number of H-pyrrole nitrogens is 1. The third-order valence-corrected chi connectivity index (χ3v) is 4.18. The summed E-state index contributed by atoms with van der Waals surface area (Å²) < 4.78 is 5.51. The van der Waals surface area contributed by atoms with Crippen molar-refractivity contribution in [3.8, 4) is 0 Å². The summed E-state index contributed by atoms with van der Waals surface area (Å²) in [5.74, 6) is 0.107. The number of amides is 1. The third kappa shape index (κ3) is 3.27. The van der Waals surface area contributed by atoms with Gasteiger partial charge in [0, 0.05) is 36.2 Å². The van der Waals surface area contributed by atoms with E-state index in [1.54, 1.807) is 0 Å². The predicted octanol–water partition coefficient (Wildman–Crippen LogP) is 2.70. The summed E-state index contributed by atoms with van der Waals surface area (Å²) >= 11 is 0. The molecular formula is C17H22N2O2. The lowest BCUT2D eigenvalue weighted by Gasteiger charge is -2.10. The molecule has 1 aromatic heterocycles. The van der Waals surface area contributed by atoms with Crippen LogP contribution in [0.25, 0.3) is 10.9 Å². The largest absolute Gasteiger partial charge is 0.376 e. The number of hydrogen-bond acceptors (Lipinski definition) is 2. The third-order valence-electron chi connectivity index (χ3n) is 4.18. The van der Waals surface area contributed by atoms with E-state index in [1.807, 2.05) is 12.1 Å². The molecule has 2 aromatic rings. The maximum absolute atomic E-state index is 12.0. The molecule has 1 aliphatic rings. The van der Waals surface area contributed by atoms with Crippen LogP contribution in [-0.2, 0) is 16.0 Å². The van der Waals surface area contributed by atoms with Crippen LogP contribution in [0.5, 0.6) is 0 Å². The Morgan fingerprint density at radius 1 is 1.43 bits per heavy atom. The number of benzene rings is 1. The molecule has 0 aliphatic carbocycles. The van der Waals surface area contributed by atoms with E-state index in [-0.39, 0.29) is 12.0 Å². The molecule has 4 heteroatoms. The molecule has 4 nitrogen and oxygen atoms in total. The van der Waals surface area contributed by atoms with Gasteiger partial charge in [-0.15, -0.1) is 0 Å². The summed E-state index contributed by atoms with van der Waals surface area (Å²) in [7, 11) is 0. The second kappa shape index (κ2) is 6.31. The minimum absolute atomic E-state index is 0.107. The van der Waals surface area contributed by atoms with Crippen LogP contribution in [-0.4, -0.2) is 30.1 Å². The molecule has 1 amide bonds. The second-order valence-electron chi connectivity index (χ2n) is 5.71. The number of carbonyl (C=O) groups is 1. The minimum Gasteiger partial charge on any atom is -0.376 e. The molecule has 1 unspecified atom stereocenters. The van der Waals surface area contributed by atoms with Gasteiger partial charge in [0.1, 0.15) is 0 Å². The maximum Gasteiger partial charge on any atom is 0.220 e. The van der Waals surface area contributed by atoms with Gasteiger partial charge in [-0.3, -0.25) is 4.79 Å². The Balaban J connectivity index is 1.56. The molecule has 0 radical (unpaired) electrons. The molecule has 2 N–H and O–H groups in total. The summed E-state index contributed by atoms with van der Waals surface area (Å²) in [5.41, 5.74) is 3.55. The first-order chi connectivity index (χ1) is 10.2. The van der Waals surface area contributed by atoms with E-state index < -0.39 is 0 Å². The standard InChI is InChI=1S/C17H22N2O2/c1-12-14(15-6-2-3-7-16(15)19-12)8-9-17(20)18-11-13-5-4-10-21-13/h2-3,6-7,13,19H,4-5,8-11H2,1H3,(H,18,20). The van der Waals surface area contributed by atoms with Gasteiger partial charge in [-0.2, -0.15) is 0 Å². The molecule has 1 aromatic carbocycles. The number of aromatic amines is 1. The highest BCUT2D eigenvalue weighted by Crippen LogP contribution is 2.23. The summed E-state index contributed by atoms with van der Waals surface area (Å²) in [6.07, 6.45) is 3.67. The molecule has 1 atom stereocenters. The fraction of sp³-hybridized carbons (Fsp3) is 0.471.